The van der Waals surface area contributed by atoms with Crippen molar-refractivity contribution < 1.29 is 80.2 Å². The zero-order valence-electron chi connectivity index (χ0n) is 71.5. The van der Waals surface area contributed by atoms with Crippen LogP contribution in [0.3, 0.4) is 0 Å². The minimum Gasteiger partial charge on any atom is -0.462 e. The Morgan fingerprint density at radius 3 is 0.541 bits per heavy atom. The van der Waals surface area contributed by atoms with Crippen LogP contribution in [0.15, 0.2) is 0 Å². The molecule has 0 aromatic rings. The highest BCUT2D eigenvalue weighted by Gasteiger charge is 2.30. The summed E-state index contributed by atoms with van der Waals surface area (Å²) in [5.41, 5.74) is 0. The maximum absolute atomic E-state index is 13.2. The van der Waals surface area contributed by atoms with Gasteiger partial charge >= 0.3 is 39.5 Å². The number of rotatable bonds is 91. The molecule has 0 aliphatic carbocycles. The summed E-state index contributed by atoms with van der Waals surface area (Å²) in [4.78, 5) is 73.3. The molecule has 0 aromatic carbocycles. The summed E-state index contributed by atoms with van der Waals surface area (Å²) in [5, 5.41) is 10.7. The summed E-state index contributed by atoms with van der Waals surface area (Å²) in [5.74, 6) is -2.10. The first kappa shape index (κ1) is 107. The minimum absolute atomic E-state index is 0.109. The van der Waals surface area contributed by atoms with Gasteiger partial charge in [0.2, 0.25) is 0 Å². The molecule has 17 nitrogen and oxygen atoms in total. The van der Waals surface area contributed by atoms with E-state index in [4.69, 9.17) is 37.0 Å². The highest BCUT2D eigenvalue weighted by molar-refractivity contribution is 7.47. The molecule has 0 rings (SSSR count). The van der Waals surface area contributed by atoms with E-state index >= 15 is 0 Å². The highest BCUT2D eigenvalue weighted by atomic mass is 31.2. The summed E-state index contributed by atoms with van der Waals surface area (Å²) < 4.78 is 69.0. The third kappa shape index (κ3) is 83.8. The second-order valence-corrected chi connectivity index (χ2v) is 35.3. The molecule has 0 aromatic heterocycles. The Labute approximate surface area is 670 Å². The van der Waals surface area contributed by atoms with Crippen LogP contribution in [0.4, 0.5) is 0 Å². The molecule has 5 atom stereocenters. The van der Waals surface area contributed by atoms with Crippen LogP contribution in [0.1, 0.15) is 496 Å². The Morgan fingerprint density at radius 2 is 0.367 bits per heavy atom. The number of carbonyl (C=O) groups is 4. The number of hydrogen-bond acceptors (Lipinski definition) is 15. The predicted molar refractivity (Wildman–Crippen MR) is 451 cm³/mol. The summed E-state index contributed by atoms with van der Waals surface area (Å²) in [6, 6.07) is 0. The Kier molecular flexibility index (Phi) is 82.5. The Morgan fingerprint density at radius 1 is 0.220 bits per heavy atom. The van der Waals surface area contributed by atoms with E-state index in [1.54, 1.807) is 0 Å². The van der Waals surface area contributed by atoms with Gasteiger partial charge in [-0.1, -0.05) is 445 Å². The molecule has 0 radical (unpaired) electrons. The smallest absolute Gasteiger partial charge is 0.462 e. The average molecular weight is 1590 g/mol. The first-order valence-corrected chi connectivity index (χ1v) is 49.8. The van der Waals surface area contributed by atoms with E-state index in [-0.39, 0.29) is 25.7 Å². The van der Waals surface area contributed by atoms with E-state index < -0.39 is 97.5 Å². The molecule has 648 valence electrons. The van der Waals surface area contributed by atoms with Crippen LogP contribution in [0.2, 0.25) is 0 Å². The van der Waals surface area contributed by atoms with Crippen LogP contribution in [0, 0.1) is 0 Å². The molecule has 0 bridgehead atoms. The van der Waals surface area contributed by atoms with Gasteiger partial charge in [-0.15, -0.1) is 0 Å². The van der Waals surface area contributed by atoms with Crippen LogP contribution in [0.25, 0.3) is 0 Å². The Balaban J connectivity index is 5.18. The number of esters is 4. The molecule has 19 heteroatoms. The van der Waals surface area contributed by atoms with Crippen LogP contribution in [-0.4, -0.2) is 96.7 Å². The van der Waals surface area contributed by atoms with Crippen molar-refractivity contribution in [1.29, 1.82) is 0 Å². The van der Waals surface area contributed by atoms with Crippen molar-refractivity contribution in [3.05, 3.63) is 0 Å². The van der Waals surface area contributed by atoms with E-state index in [9.17, 15) is 43.2 Å². The number of hydrogen-bond donors (Lipinski definition) is 3. The maximum atomic E-state index is 13.2. The number of phosphoric ester groups is 2. The van der Waals surface area contributed by atoms with E-state index in [0.29, 0.717) is 25.7 Å². The third-order valence-corrected chi connectivity index (χ3v) is 23.3. The van der Waals surface area contributed by atoms with Gasteiger partial charge in [-0.2, -0.15) is 0 Å². The molecular formula is C90H176O17P2. The number of carbonyl (C=O) groups excluding carboxylic acids is 4. The van der Waals surface area contributed by atoms with E-state index in [1.165, 1.54) is 327 Å². The summed E-state index contributed by atoms with van der Waals surface area (Å²) in [6.07, 6.45) is 80.8. The van der Waals surface area contributed by atoms with Crippen LogP contribution < -0.4 is 0 Å². The van der Waals surface area contributed by atoms with Crippen molar-refractivity contribution in [2.24, 2.45) is 0 Å². The van der Waals surface area contributed by atoms with Gasteiger partial charge in [0.05, 0.1) is 26.4 Å². The molecule has 0 aliphatic rings. The minimum atomic E-state index is -4.97. The molecular weight excluding hydrogens is 1410 g/mol. The molecule has 0 spiro atoms. The van der Waals surface area contributed by atoms with Gasteiger partial charge in [0, 0.05) is 25.7 Å². The van der Waals surface area contributed by atoms with Gasteiger partial charge < -0.3 is 33.8 Å². The first-order chi connectivity index (χ1) is 53.2. The van der Waals surface area contributed by atoms with Crippen LogP contribution in [-0.2, 0) is 65.4 Å². The van der Waals surface area contributed by atoms with Gasteiger partial charge in [-0.05, 0) is 25.7 Å². The van der Waals surface area contributed by atoms with E-state index in [2.05, 4.69) is 27.7 Å². The Hall–Kier alpha value is -1.94. The van der Waals surface area contributed by atoms with Crippen LogP contribution in [0.5, 0.6) is 0 Å². The zero-order chi connectivity index (χ0) is 79.6. The lowest BCUT2D eigenvalue weighted by atomic mass is 10.0. The van der Waals surface area contributed by atoms with Gasteiger partial charge in [0.1, 0.15) is 19.3 Å². The monoisotopic (exact) mass is 1590 g/mol. The molecule has 3 N–H and O–H groups in total. The highest BCUT2D eigenvalue weighted by Crippen LogP contribution is 2.45. The SMILES string of the molecule is CCCCCCCCCCCCCCCCCCCCCCCCC(=O)OC[C@H](COP(=O)(O)OC[C@@H](O)COP(=O)(O)OC[C@@H](COC(=O)CCCCCCCCCCC)OC(=O)CCCCCCCCCCCCCCCCCC)OC(=O)CCCCCCCCCCCCCCCCCCCCCCCC. The molecule has 2 unspecified atom stereocenters. The lowest BCUT2D eigenvalue weighted by Crippen LogP contribution is -2.30. The standard InChI is InChI=1S/C90H176O17P2/c1-5-9-13-17-21-25-28-31-34-37-39-41-43-45-47-50-52-55-59-63-67-71-75-88(93)101-81-86(107-90(95)77-73-69-65-61-57-54-51-48-46-44-42-40-38-35-32-29-26-22-18-14-10-6-2)83-105-109(98,99)103-79-84(91)78-102-108(96,97)104-82-85(80-100-87(92)74-70-66-62-58-24-20-16-12-8-4)106-89(94)76-72-68-64-60-56-53-49-36-33-30-27-23-19-15-11-7-3/h84-86,91H,5-83H2,1-4H3,(H,96,97)(H,98,99)/t84-,85+,86+/m0/s1. The van der Waals surface area contributed by atoms with E-state index in [0.717, 1.165) is 89.9 Å². The third-order valence-electron chi connectivity index (χ3n) is 21.4. The topological polar surface area (TPSA) is 237 Å². The van der Waals surface area contributed by atoms with Gasteiger partial charge in [0.25, 0.3) is 0 Å². The molecule has 109 heavy (non-hydrogen) atoms. The molecule has 0 saturated carbocycles. The number of unbranched alkanes of at least 4 members (excludes halogenated alkanes) is 65. The molecule has 0 fully saturated rings. The van der Waals surface area contributed by atoms with Crippen molar-refractivity contribution in [1.82, 2.24) is 0 Å². The molecule has 0 heterocycles. The van der Waals surface area contributed by atoms with Crippen molar-refractivity contribution in [2.45, 2.75) is 515 Å². The lowest BCUT2D eigenvalue weighted by Gasteiger charge is -2.21. The van der Waals surface area contributed by atoms with Gasteiger partial charge in [-0.25, -0.2) is 9.13 Å². The van der Waals surface area contributed by atoms with Gasteiger partial charge in [-0.3, -0.25) is 37.3 Å². The summed E-state index contributed by atoms with van der Waals surface area (Å²) in [7, 11) is -9.93. The van der Waals surface area contributed by atoms with Crippen molar-refractivity contribution in [3.63, 3.8) is 0 Å². The largest absolute Gasteiger partial charge is 0.472 e. The van der Waals surface area contributed by atoms with Crippen molar-refractivity contribution >= 4 is 39.5 Å². The Bertz CT molecular complexity index is 2050. The first-order valence-electron chi connectivity index (χ1n) is 46.8. The number of aliphatic hydroxyl groups excluding tert-OH is 1. The fourth-order valence-electron chi connectivity index (χ4n) is 14.2. The number of aliphatic hydroxyl groups is 1. The molecule has 0 aliphatic heterocycles. The fourth-order valence-corrected chi connectivity index (χ4v) is 15.8. The second-order valence-electron chi connectivity index (χ2n) is 32.3. The summed E-state index contributed by atoms with van der Waals surface area (Å²) in [6.45, 7) is 5.06. The number of phosphoric acid groups is 2. The fraction of sp³-hybridized carbons (Fsp3) is 0.956. The lowest BCUT2D eigenvalue weighted by molar-refractivity contribution is -0.161. The summed E-state index contributed by atoms with van der Waals surface area (Å²) >= 11 is 0. The van der Waals surface area contributed by atoms with Crippen molar-refractivity contribution in [2.75, 3.05) is 39.6 Å². The number of ether oxygens (including phenoxy) is 4. The zero-order valence-corrected chi connectivity index (χ0v) is 73.3. The molecule has 0 saturated heterocycles. The predicted octanol–water partition coefficient (Wildman–Crippen LogP) is 28.1. The average Bonchev–Trinajstić information content (AvgIpc) is 0.902. The normalized spacial score (nSPS) is 13.6. The van der Waals surface area contributed by atoms with Crippen LogP contribution >= 0.6 is 15.6 Å². The molecule has 0 amide bonds. The van der Waals surface area contributed by atoms with Crippen molar-refractivity contribution in [3.8, 4) is 0 Å². The van der Waals surface area contributed by atoms with E-state index in [1.807, 2.05) is 0 Å². The second kappa shape index (κ2) is 84.0. The van der Waals surface area contributed by atoms with Gasteiger partial charge in [0.15, 0.2) is 12.2 Å². The quantitative estimate of drug-likeness (QED) is 0.0222. The maximum Gasteiger partial charge on any atom is 0.472 e.